The predicted octanol–water partition coefficient (Wildman–Crippen LogP) is 5.60. The van der Waals surface area contributed by atoms with Crippen LogP contribution in [0.3, 0.4) is 0 Å². The number of aromatic nitrogens is 2. The van der Waals surface area contributed by atoms with Crippen LogP contribution >= 0.6 is 24.0 Å². The molecule has 2 aromatic heterocycles. The summed E-state index contributed by atoms with van der Waals surface area (Å²) in [4.78, 5) is 36.4. The van der Waals surface area contributed by atoms with Gasteiger partial charge in [-0.1, -0.05) is 90.7 Å². The second kappa shape index (κ2) is 11.8. The molecular weight excluding hydrogens is 537 g/mol. The minimum atomic E-state index is -0.179. The summed E-state index contributed by atoms with van der Waals surface area (Å²) in [6, 6.07) is 26.2. The summed E-state index contributed by atoms with van der Waals surface area (Å²) in [5, 5.41) is 0. The van der Waals surface area contributed by atoms with Gasteiger partial charge < -0.3 is 4.90 Å². The van der Waals surface area contributed by atoms with Gasteiger partial charge in [0.05, 0.1) is 10.5 Å². The number of hydrogen-bond acceptors (Lipinski definition) is 6. The Kier molecular flexibility index (Phi) is 7.80. The molecule has 4 aromatic rings. The molecule has 8 heteroatoms. The number of carbonyl (C=O) groups excluding carboxylic acids is 1. The van der Waals surface area contributed by atoms with Gasteiger partial charge in [0.2, 0.25) is 0 Å². The van der Waals surface area contributed by atoms with E-state index in [1.54, 1.807) is 21.6 Å². The molecule has 0 aliphatic carbocycles. The third-order valence-corrected chi connectivity index (χ3v) is 9.02. The number of thiocarbonyl (C=S) groups is 1. The number of piperidine rings is 1. The SMILES string of the molecule is O=C1/C(=C/c2c(N3CCC(Cc4ccccc4)CC3)nc3ccccn3c2=O)SC(=S)N1CCc1ccccc1. The van der Waals surface area contributed by atoms with Crippen molar-refractivity contribution in [3.8, 4) is 0 Å². The highest BCUT2D eigenvalue weighted by atomic mass is 32.2. The number of amides is 1. The summed E-state index contributed by atoms with van der Waals surface area (Å²) in [5.74, 6) is 1.07. The van der Waals surface area contributed by atoms with Crippen molar-refractivity contribution < 1.29 is 4.79 Å². The molecule has 202 valence electrons. The van der Waals surface area contributed by atoms with Crippen LogP contribution in [0.5, 0.6) is 0 Å². The average molecular weight is 567 g/mol. The van der Waals surface area contributed by atoms with Crippen molar-refractivity contribution in [3.63, 3.8) is 0 Å². The molecule has 2 saturated heterocycles. The Morgan fingerprint density at radius 2 is 1.57 bits per heavy atom. The maximum absolute atomic E-state index is 13.8. The molecule has 0 unspecified atom stereocenters. The number of hydrogen-bond donors (Lipinski definition) is 0. The van der Waals surface area contributed by atoms with E-state index in [9.17, 15) is 9.59 Å². The standard InChI is InChI=1S/C32H30N4O2S2/c37-30-26(22-27-31(38)36(32(39)40-27)20-16-23-9-3-1-4-10-23)29(33-28-13-7-8-17-35(28)30)34-18-14-25(15-19-34)21-24-11-5-2-6-12-24/h1-13,17,22,25H,14-16,18-21H2/b27-22-. The highest BCUT2D eigenvalue weighted by Gasteiger charge is 2.33. The molecule has 0 bridgehead atoms. The maximum atomic E-state index is 13.8. The average Bonchev–Trinajstić information content (AvgIpc) is 3.26. The van der Waals surface area contributed by atoms with E-state index >= 15 is 0 Å². The van der Waals surface area contributed by atoms with Crippen molar-refractivity contribution in [2.45, 2.75) is 25.7 Å². The normalized spacial score (nSPS) is 17.4. The van der Waals surface area contributed by atoms with Crippen LogP contribution in [-0.2, 0) is 17.6 Å². The third kappa shape index (κ3) is 5.60. The van der Waals surface area contributed by atoms with Crippen LogP contribution in [0, 0.1) is 5.92 Å². The van der Waals surface area contributed by atoms with Gasteiger partial charge in [-0.05, 0) is 60.9 Å². The van der Waals surface area contributed by atoms with E-state index in [1.807, 2.05) is 48.5 Å². The van der Waals surface area contributed by atoms with Gasteiger partial charge >= 0.3 is 0 Å². The van der Waals surface area contributed by atoms with Gasteiger partial charge in [-0.2, -0.15) is 0 Å². The van der Waals surface area contributed by atoms with Gasteiger partial charge in [-0.15, -0.1) is 0 Å². The van der Waals surface area contributed by atoms with E-state index < -0.39 is 0 Å². The van der Waals surface area contributed by atoms with Crippen molar-refractivity contribution in [1.82, 2.24) is 14.3 Å². The molecule has 1 amide bonds. The van der Waals surface area contributed by atoms with Gasteiger partial charge in [0, 0.05) is 25.8 Å². The highest BCUT2D eigenvalue weighted by molar-refractivity contribution is 8.26. The van der Waals surface area contributed by atoms with Crippen molar-refractivity contribution in [2.75, 3.05) is 24.5 Å². The van der Waals surface area contributed by atoms with Crippen LogP contribution in [0.4, 0.5) is 5.82 Å². The van der Waals surface area contributed by atoms with E-state index in [2.05, 4.69) is 35.2 Å². The Balaban J connectivity index is 1.27. The van der Waals surface area contributed by atoms with E-state index in [-0.39, 0.29) is 11.5 Å². The molecule has 2 fully saturated rings. The fraction of sp³-hybridized carbons (Fsp3) is 0.250. The molecule has 0 saturated carbocycles. The maximum Gasteiger partial charge on any atom is 0.267 e. The second-order valence-electron chi connectivity index (χ2n) is 10.3. The van der Waals surface area contributed by atoms with Crippen LogP contribution in [0.1, 0.15) is 29.5 Å². The van der Waals surface area contributed by atoms with Crippen molar-refractivity contribution in [2.24, 2.45) is 5.92 Å². The van der Waals surface area contributed by atoms with Gasteiger partial charge in [0.1, 0.15) is 15.8 Å². The molecule has 2 aliphatic heterocycles. The topological polar surface area (TPSA) is 57.9 Å². The third-order valence-electron chi connectivity index (χ3n) is 7.65. The van der Waals surface area contributed by atoms with Crippen molar-refractivity contribution >= 4 is 51.7 Å². The highest BCUT2D eigenvalue weighted by Crippen LogP contribution is 2.34. The molecule has 0 radical (unpaired) electrons. The van der Waals surface area contributed by atoms with Gasteiger partial charge in [0.25, 0.3) is 11.5 Å². The number of rotatable bonds is 7. The zero-order valence-corrected chi connectivity index (χ0v) is 23.7. The van der Waals surface area contributed by atoms with Crippen LogP contribution < -0.4 is 10.5 Å². The molecule has 6 rings (SSSR count). The molecule has 0 spiro atoms. The van der Waals surface area contributed by atoms with E-state index in [1.165, 1.54) is 17.3 Å². The van der Waals surface area contributed by atoms with Crippen LogP contribution in [0.25, 0.3) is 11.7 Å². The van der Waals surface area contributed by atoms with Crippen LogP contribution in [0.2, 0.25) is 0 Å². The summed E-state index contributed by atoms with van der Waals surface area (Å²) in [6.07, 6.45) is 7.24. The zero-order chi connectivity index (χ0) is 27.5. The summed E-state index contributed by atoms with van der Waals surface area (Å²) in [6.45, 7) is 2.13. The fourth-order valence-corrected chi connectivity index (χ4v) is 6.75. The smallest absolute Gasteiger partial charge is 0.267 e. The van der Waals surface area contributed by atoms with Crippen molar-refractivity contribution in [3.05, 3.63) is 117 Å². The Morgan fingerprint density at radius 1 is 0.900 bits per heavy atom. The molecule has 4 heterocycles. The van der Waals surface area contributed by atoms with Gasteiger partial charge in [0.15, 0.2) is 0 Å². The molecule has 0 atom stereocenters. The van der Waals surface area contributed by atoms with Crippen LogP contribution in [0.15, 0.2) is 94.8 Å². The first-order valence-electron chi connectivity index (χ1n) is 13.7. The van der Waals surface area contributed by atoms with E-state index in [4.69, 9.17) is 17.2 Å². The molecule has 2 aliphatic rings. The predicted molar refractivity (Wildman–Crippen MR) is 167 cm³/mol. The van der Waals surface area contributed by atoms with Crippen LogP contribution in [-0.4, -0.2) is 44.1 Å². The Bertz CT molecular complexity index is 1630. The minimum absolute atomic E-state index is 0.156. The molecule has 2 aromatic carbocycles. The molecular formula is C32H30N4O2S2. The number of nitrogens with zero attached hydrogens (tertiary/aromatic N) is 4. The lowest BCUT2D eigenvalue weighted by atomic mass is 9.90. The number of benzene rings is 2. The number of anilines is 1. The quantitative estimate of drug-likeness (QED) is 0.215. The largest absolute Gasteiger partial charge is 0.356 e. The Morgan fingerprint density at radius 3 is 2.30 bits per heavy atom. The lowest BCUT2D eigenvalue weighted by molar-refractivity contribution is -0.122. The molecule has 0 N–H and O–H groups in total. The number of pyridine rings is 1. The van der Waals surface area contributed by atoms with E-state index in [0.29, 0.717) is 45.1 Å². The van der Waals surface area contributed by atoms with Gasteiger partial charge in [-0.3, -0.25) is 18.9 Å². The van der Waals surface area contributed by atoms with E-state index in [0.717, 1.165) is 37.9 Å². The van der Waals surface area contributed by atoms with Crippen molar-refractivity contribution in [1.29, 1.82) is 0 Å². The first kappa shape index (κ1) is 26.5. The first-order valence-corrected chi connectivity index (χ1v) is 14.9. The summed E-state index contributed by atoms with van der Waals surface area (Å²) in [7, 11) is 0. The lowest BCUT2D eigenvalue weighted by Gasteiger charge is -2.33. The Labute approximate surface area is 243 Å². The summed E-state index contributed by atoms with van der Waals surface area (Å²) in [5.41, 5.74) is 3.37. The number of thioether (sulfide) groups is 1. The number of fused-ring (bicyclic) bond motifs is 1. The van der Waals surface area contributed by atoms with Gasteiger partial charge in [-0.25, -0.2) is 4.98 Å². The first-order chi connectivity index (χ1) is 19.6. The monoisotopic (exact) mass is 566 g/mol. The second-order valence-corrected chi connectivity index (χ2v) is 11.9. The summed E-state index contributed by atoms with van der Waals surface area (Å²) >= 11 is 6.84. The lowest BCUT2D eigenvalue weighted by Crippen LogP contribution is -2.37. The summed E-state index contributed by atoms with van der Waals surface area (Å²) < 4.78 is 2.07. The molecule has 6 nitrogen and oxygen atoms in total. The Hall–Kier alpha value is -3.75. The fourth-order valence-electron chi connectivity index (χ4n) is 5.46. The zero-order valence-electron chi connectivity index (χ0n) is 22.1. The number of carbonyl (C=O) groups is 1. The molecule has 40 heavy (non-hydrogen) atoms. The minimum Gasteiger partial charge on any atom is -0.356 e.